The molecule has 0 aliphatic carbocycles. The standard InChI is InChI=1S/C12H26N2O/c1-2-12(15)6-8-13-7-5-11-14-9-3-4-10-14/h12-13,15H,2-11H2,1H3. The van der Waals surface area contributed by atoms with Crippen molar-refractivity contribution in [1.82, 2.24) is 10.2 Å². The lowest BCUT2D eigenvalue weighted by Gasteiger charge is -2.14. The number of rotatable bonds is 8. The summed E-state index contributed by atoms with van der Waals surface area (Å²) in [6.07, 6.45) is 5.65. The maximum absolute atomic E-state index is 9.34. The first-order valence-corrected chi connectivity index (χ1v) is 6.44. The van der Waals surface area contributed by atoms with Crippen molar-refractivity contribution >= 4 is 0 Å². The molecule has 1 heterocycles. The van der Waals surface area contributed by atoms with E-state index in [-0.39, 0.29) is 6.10 Å². The predicted octanol–water partition coefficient (Wildman–Crippen LogP) is 1.22. The van der Waals surface area contributed by atoms with Crippen LogP contribution in [0.1, 0.15) is 39.0 Å². The van der Waals surface area contributed by atoms with Crippen LogP contribution in [0.5, 0.6) is 0 Å². The minimum Gasteiger partial charge on any atom is -0.393 e. The second-order valence-corrected chi connectivity index (χ2v) is 4.50. The molecule has 1 rings (SSSR count). The summed E-state index contributed by atoms with van der Waals surface area (Å²) < 4.78 is 0. The van der Waals surface area contributed by atoms with E-state index < -0.39 is 0 Å². The molecule has 0 aromatic rings. The SMILES string of the molecule is CCC(O)CCNCCCN1CCCC1. The van der Waals surface area contributed by atoms with Gasteiger partial charge in [0.1, 0.15) is 0 Å². The van der Waals surface area contributed by atoms with Crippen molar-refractivity contribution in [1.29, 1.82) is 0 Å². The Labute approximate surface area is 93.9 Å². The van der Waals surface area contributed by atoms with Gasteiger partial charge in [-0.05, 0) is 64.8 Å². The van der Waals surface area contributed by atoms with Crippen molar-refractivity contribution < 1.29 is 5.11 Å². The fourth-order valence-electron chi connectivity index (χ4n) is 2.03. The number of aliphatic hydroxyl groups excluding tert-OH is 1. The van der Waals surface area contributed by atoms with Gasteiger partial charge in [-0.15, -0.1) is 0 Å². The lowest BCUT2D eigenvalue weighted by molar-refractivity contribution is 0.159. The van der Waals surface area contributed by atoms with Gasteiger partial charge in [0.2, 0.25) is 0 Å². The summed E-state index contributed by atoms with van der Waals surface area (Å²) in [5, 5.41) is 12.7. The van der Waals surface area contributed by atoms with Gasteiger partial charge in [-0.25, -0.2) is 0 Å². The van der Waals surface area contributed by atoms with E-state index in [2.05, 4.69) is 10.2 Å². The molecular weight excluding hydrogens is 188 g/mol. The fourth-order valence-corrected chi connectivity index (χ4v) is 2.03. The van der Waals surface area contributed by atoms with Crippen LogP contribution in [0.25, 0.3) is 0 Å². The van der Waals surface area contributed by atoms with E-state index >= 15 is 0 Å². The molecule has 0 bridgehead atoms. The minimum absolute atomic E-state index is 0.115. The second kappa shape index (κ2) is 8.08. The van der Waals surface area contributed by atoms with Crippen LogP contribution in [0.3, 0.4) is 0 Å². The zero-order valence-corrected chi connectivity index (χ0v) is 10.0. The Hall–Kier alpha value is -0.120. The molecule has 3 nitrogen and oxygen atoms in total. The summed E-state index contributed by atoms with van der Waals surface area (Å²) in [6.45, 7) is 7.91. The summed E-state index contributed by atoms with van der Waals surface area (Å²) in [7, 11) is 0. The topological polar surface area (TPSA) is 35.5 Å². The van der Waals surface area contributed by atoms with Crippen LogP contribution in [0.2, 0.25) is 0 Å². The molecule has 0 aromatic carbocycles. The van der Waals surface area contributed by atoms with Crippen LogP contribution in [-0.2, 0) is 0 Å². The second-order valence-electron chi connectivity index (χ2n) is 4.50. The van der Waals surface area contributed by atoms with Gasteiger partial charge < -0.3 is 15.3 Å². The number of aliphatic hydroxyl groups is 1. The van der Waals surface area contributed by atoms with Crippen molar-refractivity contribution in [3.05, 3.63) is 0 Å². The lowest BCUT2D eigenvalue weighted by Crippen LogP contribution is -2.26. The molecule has 0 saturated carbocycles. The van der Waals surface area contributed by atoms with Gasteiger partial charge in [-0.3, -0.25) is 0 Å². The summed E-state index contributed by atoms with van der Waals surface area (Å²) >= 11 is 0. The summed E-state index contributed by atoms with van der Waals surface area (Å²) in [5.41, 5.74) is 0. The van der Waals surface area contributed by atoms with E-state index in [1.165, 1.54) is 38.9 Å². The van der Waals surface area contributed by atoms with Crippen molar-refractivity contribution in [2.24, 2.45) is 0 Å². The van der Waals surface area contributed by atoms with Crippen LogP contribution >= 0.6 is 0 Å². The van der Waals surface area contributed by atoms with E-state index in [1.807, 2.05) is 6.92 Å². The monoisotopic (exact) mass is 214 g/mol. The number of likely N-dealkylation sites (tertiary alicyclic amines) is 1. The molecule has 0 amide bonds. The molecule has 1 aliphatic heterocycles. The van der Waals surface area contributed by atoms with Crippen molar-refractivity contribution in [3.63, 3.8) is 0 Å². The van der Waals surface area contributed by atoms with E-state index in [1.54, 1.807) is 0 Å². The summed E-state index contributed by atoms with van der Waals surface area (Å²) in [4.78, 5) is 2.54. The highest BCUT2D eigenvalue weighted by Crippen LogP contribution is 2.06. The molecule has 1 saturated heterocycles. The smallest absolute Gasteiger partial charge is 0.0549 e. The largest absolute Gasteiger partial charge is 0.393 e. The highest BCUT2D eigenvalue weighted by molar-refractivity contribution is 4.66. The molecule has 2 N–H and O–H groups in total. The van der Waals surface area contributed by atoms with Crippen molar-refractivity contribution in [2.75, 3.05) is 32.7 Å². The van der Waals surface area contributed by atoms with Crippen LogP contribution in [0, 0.1) is 0 Å². The van der Waals surface area contributed by atoms with E-state index in [0.717, 1.165) is 25.9 Å². The van der Waals surface area contributed by atoms with Crippen LogP contribution in [-0.4, -0.2) is 48.8 Å². The Morgan fingerprint density at radius 2 is 2.00 bits per heavy atom. The van der Waals surface area contributed by atoms with Crippen LogP contribution in [0.4, 0.5) is 0 Å². The Balaban J connectivity index is 1.80. The predicted molar refractivity (Wildman–Crippen MR) is 64.1 cm³/mol. The Bertz CT molecular complexity index is 147. The van der Waals surface area contributed by atoms with Crippen molar-refractivity contribution in [2.45, 2.75) is 45.1 Å². The zero-order chi connectivity index (χ0) is 10.9. The highest BCUT2D eigenvalue weighted by Gasteiger charge is 2.09. The first-order valence-electron chi connectivity index (χ1n) is 6.44. The fraction of sp³-hybridized carbons (Fsp3) is 1.00. The quantitative estimate of drug-likeness (QED) is 0.596. The average molecular weight is 214 g/mol. The Morgan fingerprint density at radius 3 is 2.67 bits per heavy atom. The Kier molecular flexibility index (Phi) is 6.98. The zero-order valence-electron chi connectivity index (χ0n) is 10.0. The highest BCUT2D eigenvalue weighted by atomic mass is 16.3. The molecule has 0 radical (unpaired) electrons. The molecule has 0 aromatic heterocycles. The molecule has 15 heavy (non-hydrogen) atoms. The maximum Gasteiger partial charge on any atom is 0.0549 e. The molecule has 0 spiro atoms. The molecule has 1 atom stereocenters. The van der Waals surface area contributed by atoms with E-state index in [9.17, 15) is 5.11 Å². The van der Waals surface area contributed by atoms with Gasteiger partial charge in [0, 0.05) is 0 Å². The van der Waals surface area contributed by atoms with E-state index in [4.69, 9.17) is 0 Å². The first-order chi connectivity index (χ1) is 7.33. The third-order valence-corrected chi connectivity index (χ3v) is 3.15. The molecular formula is C12H26N2O. The third-order valence-electron chi connectivity index (χ3n) is 3.15. The van der Waals surface area contributed by atoms with Crippen LogP contribution in [0.15, 0.2) is 0 Å². The molecule has 3 heteroatoms. The number of nitrogens with one attached hydrogen (secondary N) is 1. The lowest BCUT2D eigenvalue weighted by atomic mass is 10.2. The van der Waals surface area contributed by atoms with Gasteiger partial charge in [0.15, 0.2) is 0 Å². The van der Waals surface area contributed by atoms with Gasteiger partial charge in [-0.1, -0.05) is 6.92 Å². The molecule has 1 fully saturated rings. The molecule has 1 aliphatic rings. The van der Waals surface area contributed by atoms with E-state index in [0.29, 0.717) is 0 Å². The minimum atomic E-state index is -0.115. The van der Waals surface area contributed by atoms with Gasteiger partial charge in [0.05, 0.1) is 6.10 Å². The molecule has 90 valence electrons. The number of hydrogen-bond donors (Lipinski definition) is 2. The molecule has 1 unspecified atom stereocenters. The Morgan fingerprint density at radius 1 is 1.27 bits per heavy atom. The maximum atomic E-state index is 9.34. The first kappa shape index (κ1) is 12.9. The summed E-state index contributed by atoms with van der Waals surface area (Å²) in [5.74, 6) is 0. The van der Waals surface area contributed by atoms with Gasteiger partial charge in [0.25, 0.3) is 0 Å². The van der Waals surface area contributed by atoms with Gasteiger partial charge in [-0.2, -0.15) is 0 Å². The normalized spacial score (nSPS) is 19.6. The average Bonchev–Trinajstić information content (AvgIpc) is 2.75. The van der Waals surface area contributed by atoms with Crippen molar-refractivity contribution in [3.8, 4) is 0 Å². The van der Waals surface area contributed by atoms with Crippen LogP contribution < -0.4 is 5.32 Å². The third kappa shape index (κ3) is 6.13. The summed E-state index contributed by atoms with van der Waals surface area (Å²) in [6, 6.07) is 0. The number of nitrogens with zero attached hydrogens (tertiary/aromatic N) is 1. The van der Waals surface area contributed by atoms with Gasteiger partial charge >= 0.3 is 0 Å². The number of hydrogen-bond acceptors (Lipinski definition) is 3.